The molecule has 0 unspecified atom stereocenters. The summed E-state index contributed by atoms with van der Waals surface area (Å²) in [6.07, 6.45) is 9.76. The Morgan fingerprint density at radius 2 is 1.74 bits per heavy atom. The van der Waals surface area contributed by atoms with Gasteiger partial charge in [0.05, 0.1) is 6.67 Å². The fourth-order valence-electron chi connectivity index (χ4n) is 2.01. The SMILES string of the molecule is CCCCCCN1C=CN(C)C1.Cc1ccccc1. The summed E-state index contributed by atoms with van der Waals surface area (Å²) in [5.41, 5.74) is 1.32. The number of rotatable bonds is 5. The second-order valence-corrected chi connectivity index (χ2v) is 5.22. The van der Waals surface area contributed by atoms with Gasteiger partial charge in [-0.2, -0.15) is 0 Å². The van der Waals surface area contributed by atoms with Crippen molar-refractivity contribution < 1.29 is 0 Å². The predicted molar refractivity (Wildman–Crippen MR) is 83.8 cm³/mol. The normalized spacial score (nSPS) is 13.4. The van der Waals surface area contributed by atoms with Gasteiger partial charge in [-0.3, -0.25) is 0 Å². The minimum absolute atomic E-state index is 1.08. The lowest BCUT2D eigenvalue weighted by Gasteiger charge is -2.17. The number of unbranched alkanes of at least 4 members (excludes halogenated alkanes) is 3. The summed E-state index contributed by atoms with van der Waals surface area (Å²) < 4.78 is 0. The lowest BCUT2D eigenvalue weighted by molar-refractivity contribution is 0.291. The molecule has 0 saturated carbocycles. The zero-order chi connectivity index (χ0) is 13.9. The zero-order valence-electron chi connectivity index (χ0n) is 12.7. The highest BCUT2D eigenvalue weighted by molar-refractivity contribution is 5.11. The van der Waals surface area contributed by atoms with Gasteiger partial charge in [0.1, 0.15) is 0 Å². The van der Waals surface area contributed by atoms with Crippen LogP contribution in [0, 0.1) is 6.92 Å². The summed E-state index contributed by atoms with van der Waals surface area (Å²) in [7, 11) is 2.11. The summed E-state index contributed by atoms with van der Waals surface area (Å²) in [5.74, 6) is 0. The Labute approximate surface area is 118 Å². The fraction of sp³-hybridized carbons (Fsp3) is 0.529. The molecule has 0 N–H and O–H groups in total. The van der Waals surface area contributed by atoms with E-state index < -0.39 is 0 Å². The molecule has 2 rings (SSSR count). The molecule has 0 amide bonds. The summed E-state index contributed by atoms with van der Waals surface area (Å²) in [6, 6.07) is 10.3. The van der Waals surface area contributed by atoms with Crippen LogP contribution < -0.4 is 0 Å². The highest BCUT2D eigenvalue weighted by atomic mass is 15.3. The Bertz CT molecular complexity index is 346. The topological polar surface area (TPSA) is 6.48 Å². The first-order chi connectivity index (χ1) is 9.22. The van der Waals surface area contributed by atoms with Gasteiger partial charge >= 0.3 is 0 Å². The zero-order valence-corrected chi connectivity index (χ0v) is 12.7. The van der Waals surface area contributed by atoms with Gasteiger partial charge in [0.25, 0.3) is 0 Å². The van der Waals surface area contributed by atoms with E-state index in [4.69, 9.17) is 0 Å². The second-order valence-electron chi connectivity index (χ2n) is 5.22. The van der Waals surface area contributed by atoms with Crippen molar-refractivity contribution in [3.63, 3.8) is 0 Å². The molecule has 106 valence electrons. The molecule has 19 heavy (non-hydrogen) atoms. The molecule has 1 heterocycles. The van der Waals surface area contributed by atoms with Crippen LogP contribution in [0.25, 0.3) is 0 Å². The minimum atomic E-state index is 1.08. The predicted octanol–water partition coefficient (Wildman–Crippen LogP) is 4.24. The number of benzene rings is 1. The first-order valence-corrected chi connectivity index (χ1v) is 7.36. The molecule has 1 aromatic carbocycles. The van der Waals surface area contributed by atoms with E-state index in [1.54, 1.807) is 0 Å². The third-order valence-electron chi connectivity index (χ3n) is 3.18. The third kappa shape index (κ3) is 7.55. The second kappa shape index (κ2) is 9.48. The van der Waals surface area contributed by atoms with Crippen LogP contribution in [0.4, 0.5) is 0 Å². The standard InChI is InChI=1S/C10H20N2.C7H8/c1-3-4-5-6-7-12-9-8-11(2)10-12;1-7-5-3-2-4-6-7/h8-9H,3-7,10H2,1-2H3;2-6H,1H3. The van der Waals surface area contributed by atoms with Crippen molar-refractivity contribution in [3.05, 3.63) is 48.3 Å². The molecule has 0 atom stereocenters. The first-order valence-electron chi connectivity index (χ1n) is 7.36. The molecule has 2 heteroatoms. The van der Waals surface area contributed by atoms with Crippen LogP contribution in [-0.4, -0.2) is 30.1 Å². The van der Waals surface area contributed by atoms with Crippen molar-refractivity contribution in [1.82, 2.24) is 9.80 Å². The maximum Gasteiger partial charge on any atom is 0.0890 e. The van der Waals surface area contributed by atoms with Gasteiger partial charge in [-0.1, -0.05) is 62.1 Å². The van der Waals surface area contributed by atoms with Gasteiger partial charge in [0.15, 0.2) is 0 Å². The Balaban J connectivity index is 0.000000218. The molecular weight excluding hydrogens is 232 g/mol. The van der Waals surface area contributed by atoms with Crippen molar-refractivity contribution in [2.24, 2.45) is 0 Å². The van der Waals surface area contributed by atoms with Crippen LogP contribution in [0.15, 0.2) is 42.7 Å². The van der Waals surface area contributed by atoms with E-state index in [0.29, 0.717) is 0 Å². The third-order valence-corrected chi connectivity index (χ3v) is 3.18. The van der Waals surface area contributed by atoms with Gasteiger partial charge in [0.2, 0.25) is 0 Å². The highest BCUT2D eigenvalue weighted by Crippen LogP contribution is 2.06. The van der Waals surface area contributed by atoms with Gasteiger partial charge in [0, 0.05) is 26.0 Å². The molecule has 0 fully saturated rings. The number of nitrogens with zero attached hydrogens (tertiary/aromatic N) is 2. The van der Waals surface area contributed by atoms with E-state index in [2.05, 4.69) is 55.2 Å². The van der Waals surface area contributed by atoms with Gasteiger partial charge in [-0.15, -0.1) is 0 Å². The van der Waals surface area contributed by atoms with Crippen LogP contribution in [0.3, 0.4) is 0 Å². The smallest absolute Gasteiger partial charge is 0.0890 e. The summed E-state index contributed by atoms with van der Waals surface area (Å²) in [6.45, 7) is 6.64. The lowest BCUT2D eigenvalue weighted by Crippen LogP contribution is -2.23. The maximum atomic E-state index is 2.37. The fourth-order valence-corrected chi connectivity index (χ4v) is 2.01. The minimum Gasteiger partial charge on any atom is -0.362 e. The Morgan fingerprint density at radius 3 is 2.21 bits per heavy atom. The Hall–Kier alpha value is -1.44. The number of hydrogen-bond acceptors (Lipinski definition) is 2. The molecule has 1 aliphatic rings. The molecule has 0 spiro atoms. The largest absolute Gasteiger partial charge is 0.362 e. The highest BCUT2D eigenvalue weighted by Gasteiger charge is 2.06. The van der Waals surface area contributed by atoms with Crippen LogP contribution in [0.1, 0.15) is 38.2 Å². The van der Waals surface area contributed by atoms with Crippen LogP contribution in [0.2, 0.25) is 0 Å². The van der Waals surface area contributed by atoms with Gasteiger partial charge < -0.3 is 9.80 Å². The number of hydrogen-bond donors (Lipinski definition) is 0. The molecule has 1 aliphatic heterocycles. The Kier molecular flexibility index (Phi) is 7.80. The van der Waals surface area contributed by atoms with E-state index >= 15 is 0 Å². The van der Waals surface area contributed by atoms with Crippen molar-refractivity contribution in [1.29, 1.82) is 0 Å². The van der Waals surface area contributed by atoms with Crippen molar-refractivity contribution in [3.8, 4) is 0 Å². The average molecular weight is 260 g/mol. The van der Waals surface area contributed by atoms with Gasteiger partial charge in [-0.25, -0.2) is 0 Å². The summed E-state index contributed by atoms with van der Waals surface area (Å²) >= 11 is 0. The monoisotopic (exact) mass is 260 g/mol. The van der Waals surface area contributed by atoms with Crippen molar-refractivity contribution in [2.45, 2.75) is 39.5 Å². The number of aryl methyl sites for hydroxylation is 1. The molecular formula is C17H28N2. The summed E-state index contributed by atoms with van der Waals surface area (Å²) in [4.78, 5) is 4.58. The molecule has 0 saturated heterocycles. The van der Waals surface area contributed by atoms with Crippen LogP contribution in [-0.2, 0) is 0 Å². The van der Waals surface area contributed by atoms with E-state index in [-0.39, 0.29) is 0 Å². The first kappa shape index (κ1) is 15.6. The molecule has 0 aromatic heterocycles. The van der Waals surface area contributed by atoms with E-state index in [0.717, 1.165) is 6.67 Å². The molecule has 1 aromatic rings. The van der Waals surface area contributed by atoms with Crippen LogP contribution >= 0.6 is 0 Å². The molecule has 0 bridgehead atoms. The quantitative estimate of drug-likeness (QED) is 0.731. The molecule has 0 radical (unpaired) electrons. The van der Waals surface area contributed by atoms with Gasteiger partial charge in [-0.05, 0) is 13.3 Å². The van der Waals surface area contributed by atoms with Crippen molar-refractivity contribution >= 4 is 0 Å². The van der Waals surface area contributed by atoms with E-state index in [1.165, 1.54) is 37.8 Å². The Morgan fingerprint density at radius 1 is 1.00 bits per heavy atom. The molecule has 2 nitrogen and oxygen atoms in total. The van der Waals surface area contributed by atoms with E-state index in [1.807, 2.05) is 18.2 Å². The lowest BCUT2D eigenvalue weighted by atomic mass is 10.2. The average Bonchev–Trinajstić information content (AvgIpc) is 2.82. The van der Waals surface area contributed by atoms with Crippen LogP contribution in [0.5, 0.6) is 0 Å². The maximum absolute atomic E-state index is 2.37. The van der Waals surface area contributed by atoms with Crippen molar-refractivity contribution in [2.75, 3.05) is 20.3 Å². The van der Waals surface area contributed by atoms with E-state index in [9.17, 15) is 0 Å². The summed E-state index contributed by atoms with van der Waals surface area (Å²) in [5, 5.41) is 0. The molecule has 0 aliphatic carbocycles.